The third-order valence-electron chi connectivity index (χ3n) is 4.85. The van der Waals surface area contributed by atoms with Crippen LogP contribution in [0.2, 0.25) is 0 Å². The largest absolute Gasteiger partial charge is 0.359 e. The van der Waals surface area contributed by atoms with Crippen molar-refractivity contribution >= 4 is 28.9 Å². The minimum absolute atomic E-state index is 0.0587. The highest BCUT2D eigenvalue weighted by Crippen LogP contribution is 2.23. The Bertz CT molecular complexity index is 571. The van der Waals surface area contributed by atoms with Gasteiger partial charge in [-0.25, -0.2) is 0 Å². The van der Waals surface area contributed by atoms with Crippen molar-refractivity contribution in [1.29, 1.82) is 0 Å². The van der Waals surface area contributed by atoms with Crippen molar-refractivity contribution in [2.24, 2.45) is 5.92 Å². The second kappa shape index (κ2) is 9.02. The van der Waals surface area contributed by atoms with Crippen LogP contribution in [0.15, 0.2) is 24.3 Å². The lowest BCUT2D eigenvalue weighted by Gasteiger charge is -2.30. The number of nitrogens with zero attached hydrogens (tertiary/aromatic N) is 1. The van der Waals surface area contributed by atoms with Crippen LogP contribution >= 0.6 is 12.2 Å². The van der Waals surface area contributed by atoms with Gasteiger partial charge in [0.1, 0.15) is 0 Å². The molecule has 0 bridgehead atoms. The SMILES string of the molecule is CCN(CC)C(=O)c1cccc(NC(=S)N[C@H]2CCCC[C@@H]2C)c1. The Morgan fingerprint density at radius 3 is 2.62 bits per heavy atom. The van der Waals surface area contributed by atoms with Gasteiger partial charge in [0.05, 0.1) is 0 Å². The molecule has 2 atom stereocenters. The Morgan fingerprint density at radius 2 is 1.96 bits per heavy atom. The number of nitrogens with one attached hydrogen (secondary N) is 2. The zero-order chi connectivity index (χ0) is 17.5. The van der Waals surface area contributed by atoms with Crippen molar-refractivity contribution in [2.45, 2.75) is 52.5 Å². The number of benzene rings is 1. The minimum Gasteiger partial charge on any atom is -0.359 e. The van der Waals surface area contributed by atoms with Crippen molar-refractivity contribution < 1.29 is 4.79 Å². The molecular formula is C19H29N3OS. The molecule has 5 heteroatoms. The molecule has 0 aromatic heterocycles. The molecule has 24 heavy (non-hydrogen) atoms. The van der Waals surface area contributed by atoms with Gasteiger partial charge in [-0.15, -0.1) is 0 Å². The second-order valence-corrected chi connectivity index (χ2v) is 6.93. The Hall–Kier alpha value is -1.62. The Kier molecular flexibility index (Phi) is 7.03. The van der Waals surface area contributed by atoms with Gasteiger partial charge < -0.3 is 15.5 Å². The van der Waals surface area contributed by atoms with Crippen LogP contribution in [0, 0.1) is 5.92 Å². The Balaban J connectivity index is 1.98. The van der Waals surface area contributed by atoms with Gasteiger partial charge in [0.15, 0.2) is 5.11 Å². The number of carbonyl (C=O) groups excluding carboxylic acids is 1. The highest BCUT2D eigenvalue weighted by molar-refractivity contribution is 7.80. The minimum atomic E-state index is 0.0587. The highest BCUT2D eigenvalue weighted by Gasteiger charge is 2.21. The number of amides is 1. The zero-order valence-electron chi connectivity index (χ0n) is 15.0. The molecule has 1 aromatic carbocycles. The molecular weight excluding hydrogens is 318 g/mol. The summed E-state index contributed by atoms with van der Waals surface area (Å²) in [6.45, 7) is 7.70. The third-order valence-corrected chi connectivity index (χ3v) is 5.07. The summed E-state index contributed by atoms with van der Waals surface area (Å²) in [4.78, 5) is 14.3. The van der Waals surface area contributed by atoms with Crippen LogP contribution in [-0.4, -0.2) is 35.1 Å². The van der Waals surface area contributed by atoms with E-state index in [2.05, 4.69) is 17.6 Å². The fraction of sp³-hybridized carbons (Fsp3) is 0.579. The van der Waals surface area contributed by atoms with E-state index < -0.39 is 0 Å². The van der Waals surface area contributed by atoms with Crippen LogP contribution in [0.4, 0.5) is 5.69 Å². The molecule has 2 N–H and O–H groups in total. The molecule has 0 aliphatic heterocycles. The molecule has 132 valence electrons. The van der Waals surface area contributed by atoms with E-state index in [1.165, 1.54) is 25.7 Å². The summed E-state index contributed by atoms with van der Waals surface area (Å²) in [6, 6.07) is 8.01. The first-order chi connectivity index (χ1) is 11.5. The molecule has 1 aromatic rings. The summed E-state index contributed by atoms with van der Waals surface area (Å²) in [5.41, 5.74) is 1.55. The van der Waals surface area contributed by atoms with Crippen molar-refractivity contribution in [3.63, 3.8) is 0 Å². The molecule has 2 rings (SSSR count). The first-order valence-electron chi connectivity index (χ1n) is 9.02. The average molecular weight is 348 g/mol. The summed E-state index contributed by atoms with van der Waals surface area (Å²) in [5, 5.41) is 7.31. The maximum absolute atomic E-state index is 12.5. The van der Waals surface area contributed by atoms with Gasteiger partial charge in [-0.1, -0.05) is 25.8 Å². The fourth-order valence-electron chi connectivity index (χ4n) is 3.29. The topological polar surface area (TPSA) is 44.4 Å². The number of hydrogen-bond acceptors (Lipinski definition) is 2. The van der Waals surface area contributed by atoms with Crippen molar-refractivity contribution in [1.82, 2.24) is 10.2 Å². The van der Waals surface area contributed by atoms with Gasteiger partial charge in [0.25, 0.3) is 5.91 Å². The van der Waals surface area contributed by atoms with Crippen molar-refractivity contribution in [2.75, 3.05) is 18.4 Å². The molecule has 1 amide bonds. The van der Waals surface area contributed by atoms with E-state index in [4.69, 9.17) is 12.2 Å². The molecule has 0 spiro atoms. The summed E-state index contributed by atoms with van der Waals surface area (Å²) in [7, 11) is 0. The molecule has 1 saturated carbocycles. The lowest BCUT2D eigenvalue weighted by Crippen LogP contribution is -2.43. The molecule has 0 saturated heterocycles. The van der Waals surface area contributed by atoms with Gasteiger partial charge in [0, 0.05) is 30.4 Å². The quantitative estimate of drug-likeness (QED) is 0.789. The summed E-state index contributed by atoms with van der Waals surface area (Å²) >= 11 is 5.46. The predicted octanol–water partition coefficient (Wildman–Crippen LogP) is 4.03. The van der Waals surface area contributed by atoms with Crippen molar-refractivity contribution in [3.8, 4) is 0 Å². The number of hydrogen-bond donors (Lipinski definition) is 2. The summed E-state index contributed by atoms with van der Waals surface area (Å²) < 4.78 is 0. The summed E-state index contributed by atoms with van der Waals surface area (Å²) in [5.74, 6) is 0.706. The second-order valence-electron chi connectivity index (χ2n) is 6.52. The van der Waals surface area contributed by atoms with E-state index in [0.29, 0.717) is 35.7 Å². The van der Waals surface area contributed by atoms with E-state index in [0.717, 1.165) is 5.69 Å². The van der Waals surface area contributed by atoms with Gasteiger partial charge in [-0.05, 0) is 63.0 Å². The van der Waals surface area contributed by atoms with Crippen LogP contribution in [-0.2, 0) is 0 Å². The van der Waals surface area contributed by atoms with Crippen LogP contribution in [0.3, 0.4) is 0 Å². The summed E-state index contributed by atoms with van der Waals surface area (Å²) in [6.07, 6.45) is 5.01. The Morgan fingerprint density at radius 1 is 1.25 bits per heavy atom. The molecule has 1 fully saturated rings. The normalized spacial score (nSPS) is 20.3. The highest BCUT2D eigenvalue weighted by atomic mass is 32.1. The smallest absolute Gasteiger partial charge is 0.253 e. The fourth-order valence-corrected chi connectivity index (χ4v) is 3.56. The molecule has 0 heterocycles. The molecule has 1 aliphatic rings. The zero-order valence-corrected chi connectivity index (χ0v) is 15.8. The molecule has 0 unspecified atom stereocenters. The monoisotopic (exact) mass is 347 g/mol. The molecule has 4 nitrogen and oxygen atoms in total. The number of rotatable bonds is 5. The lowest BCUT2D eigenvalue weighted by atomic mass is 9.86. The average Bonchev–Trinajstić information content (AvgIpc) is 2.58. The standard InChI is InChI=1S/C19H29N3OS/c1-4-22(5-2)18(23)15-10-8-11-16(13-15)20-19(24)21-17-12-7-6-9-14(17)3/h8,10-11,13-14,17H,4-7,9,12H2,1-3H3,(H2,20,21,24)/t14-,17-/m0/s1. The van der Waals surface area contributed by atoms with Gasteiger partial charge >= 0.3 is 0 Å². The van der Waals surface area contributed by atoms with Crippen LogP contribution in [0.25, 0.3) is 0 Å². The Labute approximate surface area is 151 Å². The van der Waals surface area contributed by atoms with Crippen molar-refractivity contribution in [3.05, 3.63) is 29.8 Å². The number of anilines is 1. The van der Waals surface area contributed by atoms with E-state index >= 15 is 0 Å². The maximum atomic E-state index is 12.5. The van der Waals surface area contributed by atoms with E-state index in [1.807, 2.05) is 43.0 Å². The van der Waals surface area contributed by atoms with Gasteiger partial charge in [-0.3, -0.25) is 4.79 Å². The number of thiocarbonyl (C=S) groups is 1. The first-order valence-corrected chi connectivity index (χ1v) is 9.42. The van der Waals surface area contributed by atoms with Crippen LogP contribution in [0.5, 0.6) is 0 Å². The predicted molar refractivity (Wildman–Crippen MR) is 104 cm³/mol. The van der Waals surface area contributed by atoms with Gasteiger partial charge in [0.2, 0.25) is 0 Å². The van der Waals surface area contributed by atoms with Crippen LogP contribution < -0.4 is 10.6 Å². The van der Waals surface area contributed by atoms with Gasteiger partial charge in [-0.2, -0.15) is 0 Å². The third kappa shape index (κ3) is 4.94. The van der Waals surface area contributed by atoms with E-state index in [-0.39, 0.29) is 5.91 Å². The molecule has 1 aliphatic carbocycles. The lowest BCUT2D eigenvalue weighted by molar-refractivity contribution is 0.0773. The molecule has 0 radical (unpaired) electrons. The van der Waals surface area contributed by atoms with E-state index in [1.54, 1.807) is 0 Å². The maximum Gasteiger partial charge on any atom is 0.253 e. The van der Waals surface area contributed by atoms with Crippen LogP contribution in [0.1, 0.15) is 56.8 Å². The first kappa shape index (κ1) is 18.7. The van der Waals surface area contributed by atoms with E-state index in [9.17, 15) is 4.79 Å². The number of carbonyl (C=O) groups is 1.